The number of aliphatic hydroxyl groups excluding tert-OH is 2. The van der Waals surface area contributed by atoms with Crippen molar-refractivity contribution in [2.45, 2.75) is 24.7 Å². The predicted molar refractivity (Wildman–Crippen MR) is 85.4 cm³/mol. The fraction of sp³-hybridized carbons (Fsp3) is 0.333. The van der Waals surface area contributed by atoms with Crippen LogP contribution in [0.1, 0.15) is 6.42 Å². The molecule has 3 atom stereocenters. The lowest BCUT2D eigenvalue weighted by Gasteiger charge is -2.31. The van der Waals surface area contributed by atoms with Crippen molar-refractivity contribution in [1.29, 1.82) is 0 Å². The first-order valence-electron chi connectivity index (χ1n) is 7.03. The summed E-state index contributed by atoms with van der Waals surface area (Å²) in [6, 6.07) is 3.76. The van der Waals surface area contributed by atoms with Gasteiger partial charge in [-0.15, -0.1) is 0 Å². The number of primary amides is 1. The van der Waals surface area contributed by atoms with E-state index in [1.54, 1.807) is 0 Å². The second kappa shape index (κ2) is 7.73. The number of hydrogen-bond donors (Lipinski definition) is 4. The smallest absolute Gasteiger partial charge is 0.247 e. The summed E-state index contributed by atoms with van der Waals surface area (Å²) in [6.45, 7) is -0.351. The molecule has 2 rings (SSSR count). The molecule has 0 heterocycles. The number of amides is 2. The zero-order valence-electron chi connectivity index (χ0n) is 12.4. The Morgan fingerprint density at radius 1 is 1.42 bits per heavy atom. The van der Waals surface area contributed by atoms with Gasteiger partial charge in [-0.2, -0.15) is 0 Å². The van der Waals surface area contributed by atoms with E-state index < -0.39 is 35.9 Å². The topological polar surface area (TPSA) is 122 Å². The van der Waals surface area contributed by atoms with E-state index in [-0.39, 0.29) is 24.3 Å². The number of nitrogens with one attached hydrogen (secondary N) is 1. The highest BCUT2D eigenvalue weighted by molar-refractivity contribution is 9.10. The van der Waals surface area contributed by atoms with Gasteiger partial charge in [0.2, 0.25) is 11.8 Å². The highest BCUT2D eigenvalue weighted by Crippen LogP contribution is 2.30. The maximum Gasteiger partial charge on any atom is 0.247 e. The van der Waals surface area contributed by atoms with Crippen LogP contribution in [0.5, 0.6) is 5.75 Å². The van der Waals surface area contributed by atoms with Crippen molar-refractivity contribution in [3.05, 3.63) is 40.1 Å². The molecule has 1 aromatic carbocycles. The predicted octanol–water partition coefficient (Wildman–Crippen LogP) is -0.0110. The Morgan fingerprint density at radius 3 is 2.79 bits per heavy atom. The van der Waals surface area contributed by atoms with E-state index in [1.807, 2.05) is 0 Å². The molecular weight excluding hydrogens is 387 g/mol. The maximum absolute atomic E-state index is 13.3. The standard InChI is InChI=1S/C15H16BrFN2O5/c16-9-2-1-8(17)5-11(9)24-12-4-7(3-10(20)14(12)22)15(23)19-6-13(18)21/h1-2,4-5,10,12,14,20,22H,3,6H2,(H2,18,21)(H,19,23)/t10-,12+,14-/m1/s1. The Bertz CT molecular complexity index is 682. The Kier molecular flexibility index (Phi) is 5.92. The van der Waals surface area contributed by atoms with E-state index in [2.05, 4.69) is 21.2 Å². The van der Waals surface area contributed by atoms with Crippen LogP contribution >= 0.6 is 15.9 Å². The lowest BCUT2D eigenvalue weighted by atomic mass is 9.91. The number of benzene rings is 1. The highest BCUT2D eigenvalue weighted by atomic mass is 79.9. The first-order valence-corrected chi connectivity index (χ1v) is 7.82. The van der Waals surface area contributed by atoms with E-state index in [4.69, 9.17) is 10.5 Å². The number of ether oxygens (including phenoxy) is 1. The van der Waals surface area contributed by atoms with Crippen LogP contribution in [0.3, 0.4) is 0 Å². The molecular formula is C15H16BrFN2O5. The monoisotopic (exact) mass is 402 g/mol. The van der Waals surface area contributed by atoms with E-state index in [0.29, 0.717) is 4.47 Å². The van der Waals surface area contributed by atoms with Crippen LogP contribution in [-0.4, -0.2) is 46.9 Å². The van der Waals surface area contributed by atoms with Gasteiger partial charge in [0.25, 0.3) is 0 Å². The second-order valence-corrected chi connectivity index (χ2v) is 6.11. The zero-order chi connectivity index (χ0) is 17.9. The van der Waals surface area contributed by atoms with E-state index in [1.165, 1.54) is 18.2 Å². The van der Waals surface area contributed by atoms with Crippen LogP contribution in [0.25, 0.3) is 0 Å². The lowest BCUT2D eigenvalue weighted by molar-refractivity contribution is -0.123. The minimum absolute atomic E-state index is 0.112. The molecule has 1 aliphatic carbocycles. The van der Waals surface area contributed by atoms with Crippen molar-refractivity contribution in [2.24, 2.45) is 5.73 Å². The minimum Gasteiger partial charge on any atom is -0.482 e. The van der Waals surface area contributed by atoms with E-state index in [9.17, 15) is 24.2 Å². The molecule has 0 aromatic heterocycles. The maximum atomic E-state index is 13.3. The van der Waals surface area contributed by atoms with E-state index in [0.717, 1.165) is 6.07 Å². The molecule has 0 fully saturated rings. The van der Waals surface area contributed by atoms with Gasteiger partial charge >= 0.3 is 0 Å². The molecule has 2 amide bonds. The van der Waals surface area contributed by atoms with Gasteiger partial charge in [0.15, 0.2) is 0 Å². The Morgan fingerprint density at radius 2 is 2.12 bits per heavy atom. The summed E-state index contributed by atoms with van der Waals surface area (Å²) in [5, 5.41) is 22.3. The van der Waals surface area contributed by atoms with Gasteiger partial charge in [-0.1, -0.05) is 0 Å². The summed E-state index contributed by atoms with van der Waals surface area (Å²) in [5.41, 5.74) is 5.08. The van der Waals surface area contributed by atoms with Gasteiger partial charge in [0.1, 0.15) is 23.8 Å². The third kappa shape index (κ3) is 4.53. The quantitative estimate of drug-likeness (QED) is 0.551. The molecule has 0 saturated heterocycles. The first-order chi connectivity index (χ1) is 11.3. The number of rotatable bonds is 5. The van der Waals surface area contributed by atoms with Crippen molar-refractivity contribution < 1.29 is 28.9 Å². The minimum atomic E-state index is -1.30. The summed E-state index contributed by atoms with van der Waals surface area (Å²) < 4.78 is 19.3. The number of aliphatic hydroxyl groups is 2. The Balaban J connectivity index is 2.20. The van der Waals surface area contributed by atoms with Crippen molar-refractivity contribution in [2.75, 3.05) is 6.54 Å². The van der Waals surface area contributed by atoms with Gasteiger partial charge in [0.05, 0.1) is 17.1 Å². The van der Waals surface area contributed by atoms with Gasteiger partial charge in [0, 0.05) is 18.1 Å². The number of nitrogens with two attached hydrogens (primary N) is 1. The van der Waals surface area contributed by atoms with Crippen LogP contribution in [0.2, 0.25) is 0 Å². The molecule has 0 unspecified atom stereocenters. The van der Waals surface area contributed by atoms with Gasteiger partial charge in [-0.3, -0.25) is 9.59 Å². The first kappa shape index (κ1) is 18.4. The summed E-state index contributed by atoms with van der Waals surface area (Å²) >= 11 is 3.19. The zero-order valence-corrected chi connectivity index (χ0v) is 14.0. The molecule has 24 heavy (non-hydrogen) atoms. The molecule has 0 radical (unpaired) electrons. The number of carbonyl (C=O) groups excluding carboxylic acids is 2. The summed E-state index contributed by atoms with van der Waals surface area (Å²) in [5.74, 6) is -1.74. The third-order valence-corrected chi connectivity index (χ3v) is 4.05. The summed E-state index contributed by atoms with van der Waals surface area (Å²) in [7, 11) is 0. The average molecular weight is 403 g/mol. The van der Waals surface area contributed by atoms with Crippen LogP contribution in [0.15, 0.2) is 34.3 Å². The largest absolute Gasteiger partial charge is 0.482 e. The highest BCUT2D eigenvalue weighted by Gasteiger charge is 2.34. The van der Waals surface area contributed by atoms with Crippen LogP contribution in [-0.2, 0) is 9.59 Å². The van der Waals surface area contributed by atoms with Gasteiger partial charge in [-0.25, -0.2) is 4.39 Å². The molecule has 1 aromatic rings. The number of halogens is 2. The fourth-order valence-electron chi connectivity index (χ4n) is 2.20. The SMILES string of the molecule is NC(=O)CNC(=O)C1=C[C@H](Oc2cc(F)ccc2Br)[C@H](O)[C@H](O)C1. The average Bonchev–Trinajstić information content (AvgIpc) is 2.52. The molecule has 9 heteroatoms. The summed E-state index contributed by atoms with van der Waals surface area (Å²) in [4.78, 5) is 22.7. The molecule has 0 bridgehead atoms. The fourth-order valence-corrected chi connectivity index (χ4v) is 2.54. The lowest BCUT2D eigenvalue weighted by Crippen LogP contribution is -2.45. The Labute approximate surface area is 145 Å². The molecule has 0 saturated carbocycles. The molecule has 130 valence electrons. The summed E-state index contributed by atoms with van der Waals surface area (Å²) in [6.07, 6.45) is -2.41. The molecule has 7 nitrogen and oxygen atoms in total. The van der Waals surface area contributed by atoms with Crippen molar-refractivity contribution in [1.82, 2.24) is 5.32 Å². The third-order valence-electron chi connectivity index (χ3n) is 3.40. The molecule has 1 aliphatic rings. The van der Waals surface area contributed by atoms with Crippen molar-refractivity contribution >= 4 is 27.7 Å². The van der Waals surface area contributed by atoms with E-state index >= 15 is 0 Å². The molecule has 5 N–H and O–H groups in total. The molecule has 0 spiro atoms. The van der Waals surface area contributed by atoms with Crippen LogP contribution in [0, 0.1) is 5.82 Å². The van der Waals surface area contributed by atoms with Gasteiger partial charge < -0.3 is 26.0 Å². The molecule has 0 aliphatic heterocycles. The normalized spacial score (nSPS) is 23.3. The van der Waals surface area contributed by atoms with Crippen molar-refractivity contribution in [3.63, 3.8) is 0 Å². The second-order valence-electron chi connectivity index (χ2n) is 5.26. The number of hydrogen-bond acceptors (Lipinski definition) is 5. The Hall–Kier alpha value is -1.97. The number of carbonyl (C=O) groups is 2. The van der Waals surface area contributed by atoms with Crippen LogP contribution in [0.4, 0.5) is 4.39 Å². The van der Waals surface area contributed by atoms with Crippen molar-refractivity contribution in [3.8, 4) is 5.75 Å². The van der Waals surface area contributed by atoms with Crippen LogP contribution < -0.4 is 15.8 Å². The van der Waals surface area contributed by atoms with Gasteiger partial charge in [-0.05, 0) is 34.1 Å².